The molecule has 1 N–H and O–H groups in total. The largest absolute Gasteiger partial charge is 0.320 e. The van der Waals surface area contributed by atoms with Crippen molar-refractivity contribution in [3.05, 3.63) is 71.7 Å². The van der Waals surface area contributed by atoms with Gasteiger partial charge in [0.15, 0.2) is 5.82 Å². The summed E-state index contributed by atoms with van der Waals surface area (Å²) in [6.45, 7) is 4.00. The van der Waals surface area contributed by atoms with Crippen molar-refractivity contribution >= 4 is 22.5 Å². The van der Waals surface area contributed by atoms with Crippen LogP contribution in [0.2, 0.25) is 0 Å². The van der Waals surface area contributed by atoms with Crippen molar-refractivity contribution in [1.29, 1.82) is 0 Å². The average molecular weight is 357 g/mol. The Morgan fingerprint density at radius 1 is 1.07 bits per heavy atom. The number of carbonyl (C=O) groups excluding carboxylic acids is 1. The first-order valence-electron chi connectivity index (χ1n) is 8.65. The van der Waals surface area contributed by atoms with Crippen molar-refractivity contribution in [1.82, 2.24) is 19.7 Å². The number of hydrogen-bond acceptors (Lipinski definition) is 4. The van der Waals surface area contributed by atoms with E-state index in [4.69, 9.17) is 0 Å². The van der Waals surface area contributed by atoms with E-state index in [1.807, 2.05) is 43.5 Å². The molecule has 2 aromatic carbocycles. The summed E-state index contributed by atoms with van der Waals surface area (Å²) in [5.41, 5.74) is 5.21. The molecule has 0 radical (unpaired) electrons. The van der Waals surface area contributed by atoms with Crippen LogP contribution in [-0.4, -0.2) is 25.7 Å². The minimum atomic E-state index is -0.192. The van der Waals surface area contributed by atoms with Crippen LogP contribution in [0.25, 0.3) is 22.3 Å². The summed E-state index contributed by atoms with van der Waals surface area (Å²) in [4.78, 5) is 21.5. The maximum Gasteiger partial charge on any atom is 0.273 e. The fraction of sp³-hybridized carbons (Fsp3) is 0.143. The van der Waals surface area contributed by atoms with Crippen molar-refractivity contribution in [2.45, 2.75) is 13.8 Å². The van der Waals surface area contributed by atoms with E-state index in [1.165, 1.54) is 5.56 Å². The van der Waals surface area contributed by atoms with Gasteiger partial charge in [-0.25, -0.2) is 9.97 Å². The normalized spacial score (nSPS) is 10.9. The second kappa shape index (κ2) is 6.64. The van der Waals surface area contributed by atoms with Crippen molar-refractivity contribution in [3.8, 4) is 11.4 Å². The highest BCUT2D eigenvalue weighted by atomic mass is 16.2. The molecule has 0 saturated carbocycles. The lowest BCUT2D eigenvalue weighted by molar-refractivity contribution is 0.101. The second-order valence-corrected chi connectivity index (χ2v) is 6.58. The number of anilines is 1. The van der Waals surface area contributed by atoms with E-state index in [0.29, 0.717) is 11.5 Å². The summed E-state index contributed by atoms with van der Waals surface area (Å²) in [5.74, 6) is 0.474. The second-order valence-electron chi connectivity index (χ2n) is 6.58. The molecule has 0 saturated heterocycles. The van der Waals surface area contributed by atoms with Crippen molar-refractivity contribution < 1.29 is 4.79 Å². The number of carbonyl (C=O) groups is 1. The highest BCUT2D eigenvalue weighted by Crippen LogP contribution is 2.24. The fourth-order valence-electron chi connectivity index (χ4n) is 3.02. The fourth-order valence-corrected chi connectivity index (χ4v) is 3.02. The number of nitrogens with one attached hydrogen (secondary N) is 1. The molecule has 0 atom stereocenters. The van der Waals surface area contributed by atoms with Gasteiger partial charge in [-0.05, 0) is 55.8 Å². The lowest BCUT2D eigenvalue weighted by Crippen LogP contribution is -2.16. The van der Waals surface area contributed by atoms with Crippen LogP contribution in [0.4, 0.5) is 5.69 Å². The SMILES string of the molecule is Cc1ccc2nc(-c3ccc(NC(=O)c4ccnn4C)c(C)c3)ncc2c1. The molecular formula is C21H19N5O. The van der Waals surface area contributed by atoms with E-state index in [2.05, 4.69) is 33.4 Å². The van der Waals surface area contributed by atoms with Gasteiger partial charge in [0, 0.05) is 36.1 Å². The predicted octanol–water partition coefficient (Wildman–Crippen LogP) is 3.90. The van der Waals surface area contributed by atoms with Crippen LogP contribution in [-0.2, 0) is 7.05 Å². The lowest BCUT2D eigenvalue weighted by Gasteiger charge is -2.10. The van der Waals surface area contributed by atoms with Crippen LogP contribution in [0.3, 0.4) is 0 Å². The molecule has 0 spiro atoms. The Balaban J connectivity index is 1.62. The highest BCUT2D eigenvalue weighted by Gasteiger charge is 2.12. The average Bonchev–Trinajstić information content (AvgIpc) is 3.09. The Labute approximate surface area is 156 Å². The molecule has 1 amide bonds. The summed E-state index contributed by atoms with van der Waals surface area (Å²) < 4.78 is 1.55. The molecule has 0 bridgehead atoms. The molecule has 0 unspecified atom stereocenters. The monoisotopic (exact) mass is 357 g/mol. The summed E-state index contributed by atoms with van der Waals surface area (Å²) >= 11 is 0. The van der Waals surface area contributed by atoms with Gasteiger partial charge in [0.05, 0.1) is 5.52 Å². The van der Waals surface area contributed by atoms with Gasteiger partial charge in [-0.2, -0.15) is 5.10 Å². The minimum Gasteiger partial charge on any atom is -0.320 e. The number of rotatable bonds is 3. The van der Waals surface area contributed by atoms with Crippen LogP contribution in [0, 0.1) is 13.8 Å². The molecule has 0 aliphatic heterocycles. The third-order valence-corrected chi connectivity index (χ3v) is 4.52. The van der Waals surface area contributed by atoms with Crippen molar-refractivity contribution in [3.63, 3.8) is 0 Å². The molecular weight excluding hydrogens is 338 g/mol. The zero-order valence-electron chi connectivity index (χ0n) is 15.4. The Kier molecular flexibility index (Phi) is 4.16. The van der Waals surface area contributed by atoms with Gasteiger partial charge in [-0.15, -0.1) is 0 Å². The number of nitrogens with zero attached hydrogens (tertiary/aromatic N) is 4. The summed E-state index contributed by atoms with van der Waals surface area (Å²) in [5, 5.41) is 7.98. The van der Waals surface area contributed by atoms with E-state index in [-0.39, 0.29) is 5.91 Å². The molecule has 4 aromatic rings. The van der Waals surface area contributed by atoms with Crippen LogP contribution in [0.1, 0.15) is 21.6 Å². The molecule has 0 fully saturated rings. The molecule has 2 aromatic heterocycles. The van der Waals surface area contributed by atoms with Crippen LogP contribution in [0.15, 0.2) is 54.9 Å². The van der Waals surface area contributed by atoms with Gasteiger partial charge in [-0.3, -0.25) is 9.48 Å². The van der Waals surface area contributed by atoms with Gasteiger partial charge in [0.1, 0.15) is 5.69 Å². The maximum absolute atomic E-state index is 12.4. The number of amides is 1. The first-order chi connectivity index (χ1) is 13.0. The van der Waals surface area contributed by atoms with E-state index >= 15 is 0 Å². The van der Waals surface area contributed by atoms with Crippen molar-refractivity contribution in [2.75, 3.05) is 5.32 Å². The zero-order chi connectivity index (χ0) is 19.0. The van der Waals surface area contributed by atoms with Crippen LogP contribution in [0.5, 0.6) is 0 Å². The molecule has 2 heterocycles. The van der Waals surface area contributed by atoms with Gasteiger partial charge >= 0.3 is 0 Å². The molecule has 6 nitrogen and oxygen atoms in total. The maximum atomic E-state index is 12.4. The number of hydrogen-bond donors (Lipinski definition) is 1. The van der Waals surface area contributed by atoms with Gasteiger partial charge in [-0.1, -0.05) is 11.6 Å². The smallest absolute Gasteiger partial charge is 0.273 e. The van der Waals surface area contributed by atoms with Gasteiger partial charge in [0.2, 0.25) is 0 Å². The Bertz CT molecular complexity index is 1160. The third kappa shape index (κ3) is 3.29. The lowest BCUT2D eigenvalue weighted by atomic mass is 10.1. The predicted molar refractivity (Wildman–Crippen MR) is 106 cm³/mol. The summed E-state index contributed by atoms with van der Waals surface area (Å²) in [7, 11) is 1.74. The quantitative estimate of drug-likeness (QED) is 0.603. The number of aromatic nitrogens is 4. The number of benzene rings is 2. The minimum absolute atomic E-state index is 0.192. The summed E-state index contributed by atoms with van der Waals surface area (Å²) in [6.07, 6.45) is 3.45. The van der Waals surface area contributed by atoms with Crippen LogP contribution >= 0.6 is 0 Å². The van der Waals surface area contributed by atoms with Crippen LogP contribution < -0.4 is 5.32 Å². The molecule has 0 aliphatic carbocycles. The van der Waals surface area contributed by atoms with E-state index < -0.39 is 0 Å². The Morgan fingerprint density at radius 2 is 1.93 bits per heavy atom. The van der Waals surface area contributed by atoms with Crippen molar-refractivity contribution in [2.24, 2.45) is 7.05 Å². The van der Waals surface area contributed by atoms with E-state index in [0.717, 1.165) is 27.7 Å². The topological polar surface area (TPSA) is 72.7 Å². The first-order valence-corrected chi connectivity index (χ1v) is 8.65. The van der Waals surface area contributed by atoms with Gasteiger partial charge in [0.25, 0.3) is 5.91 Å². The number of fused-ring (bicyclic) bond motifs is 1. The summed E-state index contributed by atoms with van der Waals surface area (Å²) in [6, 6.07) is 13.6. The Morgan fingerprint density at radius 3 is 2.67 bits per heavy atom. The first kappa shape index (κ1) is 16.9. The zero-order valence-corrected chi connectivity index (χ0v) is 15.4. The van der Waals surface area contributed by atoms with E-state index in [9.17, 15) is 4.79 Å². The number of aryl methyl sites for hydroxylation is 3. The Hall–Kier alpha value is -3.54. The molecule has 6 heteroatoms. The molecule has 4 rings (SSSR count). The molecule has 0 aliphatic rings. The van der Waals surface area contributed by atoms with E-state index in [1.54, 1.807) is 24.0 Å². The molecule has 27 heavy (non-hydrogen) atoms. The molecule has 134 valence electrons. The third-order valence-electron chi connectivity index (χ3n) is 4.52. The standard InChI is InChI=1S/C21H19N5O/c1-13-4-6-18-16(10-13)12-22-20(24-18)15-5-7-17(14(2)11-15)25-21(27)19-8-9-23-26(19)3/h4-12H,1-3H3,(H,25,27). The van der Waals surface area contributed by atoms with Gasteiger partial charge < -0.3 is 5.32 Å². The highest BCUT2D eigenvalue weighted by molar-refractivity contribution is 6.03.